The van der Waals surface area contributed by atoms with E-state index < -0.39 is 10.0 Å². The first-order valence-corrected chi connectivity index (χ1v) is 9.81. The van der Waals surface area contributed by atoms with Crippen LogP contribution in [0, 0.1) is 0 Å². The third-order valence-electron chi connectivity index (χ3n) is 3.93. The van der Waals surface area contributed by atoms with Gasteiger partial charge in [-0.05, 0) is 37.8 Å². The molecule has 0 aromatic heterocycles. The molecule has 7 heteroatoms. The van der Waals surface area contributed by atoms with Gasteiger partial charge in [-0.3, -0.25) is 9.10 Å². The van der Waals surface area contributed by atoms with Gasteiger partial charge < -0.3 is 10.1 Å². The first-order chi connectivity index (χ1) is 11.4. The largest absolute Gasteiger partial charge is 0.497 e. The van der Waals surface area contributed by atoms with E-state index in [-0.39, 0.29) is 12.5 Å². The quantitative estimate of drug-likeness (QED) is 0.762. The number of carbonyl (C=O) groups is 1. The Kier molecular flexibility index (Phi) is 6.25. The zero-order valence-corrected chi connectivity index (χ0v) is 14.9. The molecule has 24 heavy (non-hydrogen) atoms. The standard InChI is InChI=1S/C17H24N2O4S/c1-23-16-10-6-9-15(11-16)19(24(2,21)22)13-17(20)18-12-14-7-4-3-5-8-14/h6-7,9-11H,3-5,8,12-13H2,1-2H3,(H,18,20). The molecule has 1 amide bonds. The minimum Gasteiger partial charge on any atom is -0.497 e. The third kappa shape index (κ3) is 5.26. The van der Waals surface area contributed by atoms with E-state index in [0.29, 0.717) is 18.0 Å². The second-order valence-corrected chi connectivity index (χ2v) is 7.76. The summed E-state index contributed by atoms with van der Waals surface area (Å²) in [4.78, 5) is 12.2. The number of amides is 1. The molecule has 0 fully saturated rings. The van der Waals surface area contributed by atoms with Crippen LogP contribution in [0.4, 0.5) is 5.69 Å². The second-order valence-electron chi connectivity index (χ2n) is 5.86. The average molecular weight is 352 g/mol. The molecule has 0 spiro atoms. The summed E-state index contributed by atoms with van der Waals surface area (Å²) in [6.45, 7) is 0.230. The molecule has 0 heterocycles. The Balaban J connectivity index is 2.05. The van der Waals surface area contributed by atoms with Gasteiger partial charge in [0.25, 0.3) is 0 Å². The van der Waals surface area contributed by atoms with Gasteiger partial charge >= 0.3 is 0 Å². The van der Waals surface area contributed by atoms with Crippen molar-refractivity contribution in [3.05, 3.63) is 35.9 Å². The fourth-order valence-corrected chi connectivity index (χ4v) is 3.48. The molecule has 1 N–H and O–H groups in total. The van der Waals surface area contributed by atoms with Crippen molar-refractivity contribution in [1.29, 1.82) is 0 Å². The zero-order chi connectivity index (χ0) is 17.6. The molecule has 0 bridgehead atoms. The van der Waals surface area contributed by atoms with E-state index in [2.05, 4.69) is 11.4 Å². The van der Waals surface area contributed by atoms with Gasteiger partial charge in [0.05, 0.1) is 19.1 Å². The van der Waals surface area contributed by atoms with Crippen LogP contribution in [0.15, 0.2) is 35.9 Å². The maximum atomic E-state index is 12.2. The summed E-state index contributed by atoms with van der Waals surface area (Å²) in [7, 11) is -2.07. The van der Waals surface area contributed by atoms with E-state index in [0.717, 1.165) is 29.8 Å². The summed E-state index contributed by atoms with van der Waals surface area (Å²) in [6.07, 6.45) is 7.61. The fraction of sp³-hybridized carbons (Fsp3) is 0.471. The Bertz CT molecular complexity index is 713. The van der Waals surface area contributed by atoms with Crippen LogP contribution in [0.3, 0.4) is 0 Å². The van der Waals surface area contributed by atoms with E-state index in [9.17, 15) is 13.2 Å². The molecule has 1 aliphatic carbocycles. The van der Waals surface area contributed by atoms with Crippen LogP contribution in [-0.4, -0.2) is 40.8 Å². The molecule has 1 aromatic rings. The zero-order valence-electron chi connectivity index (χ0n) is 14.1. The molecule has 0 atom stereocenters. The maximum absolute atomic E-state index is 12.2. The van der Waals surface area contributed by atoms with Crippen LogP contribution in [0.2, 0.25) is 0 Å². The Morgan fingerprint density at radius 2 is 2.12 bits per heavy atom. The highest BCUT2D eigenvalue weighted by Crippen LogP contribution is 2.23. The second kappa shape index (κ2) is 8.19. The van der Waals surface area contributed by atoms with Gasteiger partial charge in [0.2, 0.25) is 15.9 Å². The lowest BCUT2D eigenvalue weighted by Crippen LogP contribution is -2.41. The van der Waals surface area contributed by atoms with Gasteiger partial charge in [-0.1, -0.05) is 17.7 Å². The summed E-state index contributed by atoms with van der Waals surface area (Å²) < 4.78 is 30.3. The Hall–Kier alpha value is -2.02. The lowest BCUT2D eigenvalue weighted by Gasteiger charge is -2.22. The summed E-state index contributed by atoms with van der Waals surface area (Å²) in [5.74, 6) is 0.212. The van der Waals surface area contributed by atoms with Crippen molar-refractivity contribution in [2.24, 2.45) is 0 Å². The van der Waals surface area contributed by atoms with Gasteiger partial charge in [0.1, 0.15) is 12.3 Å². The third-order valence-corrected chi connectivity index (χ3v) is 5.07. The van der Waals surface area contributed by atoms with Gasteiger partial charge in [-0.15, -0.1) is 0 Å². The van der Waals surface area contributed by atoms with Gasteiger partial charge in [-0.2, -0.15) is 0 Å². The minimum absolute atomic E-state index is 0.251. The normalized spacial score (nSPS) is 14.7. The van der Waals surface area contributed by atoms with Gasteiger partial charge in [0.15, 0.2) is 0 Å². The molecule has 132 valence electrons. The number of rotatable bonds is 7. The molecule has 0 saturated carbocycles. The smallest absolute Gasteiger partial charge is 0.241 e. The molecule has 0 aliphatic heterocycles. The summed E-state index contributed by atoms with van der Waals surface area (Å²) >= 11 is 0. The van der Waals surface area contributed by atoms with Gasteiger partial charge in [0, 0.05) is 12.6 Å². The average Bonchev–Trinajstić information content (AvgIpc) is 2.58. The highest BCUT2D eigenvalue weighted by Gasteiger charge is 2.21. The minimum atomic E-state index is -3.58. The molecular formula is C17H24N2O4S. The lowest BCUT2D eigenvalue weighted by molar-refractivity contribution is -0.119. The van der Waals surface area contributed by atoms with E-state index in [4.69, 9.17) is 4.74 Å². The number of hydrogen-bond donors (Lipinski definition) is 1. The fourth-order valence-electron chi connectivity index (χ4n) is 2.63. The van der Waals surface area contributed by atoms with E-state index in [1.165, 1.54) is 19.1 Å². The Morgan fingerprint density at radius 3 is 2.75 bits per heavy atom. The van der Waals surface area contributed by atoms with Crippen LogP contribution >= 0.6 is 0 Å². The topological polar surface area (TPSA) is 75.7 Å². The van der Waals surface area contributed by atoms with Crippen molar-refractivity contribution >= 4 is 21.6 Å². The first kappa shape index (κ1) is 18.3. The molecule has 0 saturated heterocycles. The number of anilines is 1. The number of sulfonamides is 1. The van der Waals surface area contributed by atoms with Crippen molar-refractivity contribution in [3.63, 3.8) is 0 Å². The lowest BCUT2D eigenvalue weighted by atomic mass is 10.00. The number of carbonyl (C=O) groups excluding carboxylic acids is 1. The highest BCUT2D eigenvalue weighted by molar-refractivity contribution is 7.92. The number of ether oxygens (including phenoxy) is 1. The van der Waals surface area contributed by atoms with Crippen molar-refractivity contribution in [3.8, 4) is 5.75 Å². The molecule has 2 rings (SSSR count). The van der Waals surface area contributed by atoms with Crippen molar-refractivity contribution < 1.29 is 17.9 Å². The van der Waals surface area contributed by atoms with Crippen LogP contribution < -0.4 is 14.4 Å². The molecule has 1 aromatic carbocycles. The summed E-state index contributed by atoms with van der Waals surface area (Å²) in [6, 6.07) is 6.65. The highest BCUT2D eigenvalue weighted by atomic mass is 32.2. The predicted molar refractivity (Wildman–Crippen MR) is 94.7 cm³/mol. The van der Waals surface area contributed by atoms with Crippen LogP contribution in [0.5, 0.6) is 5.75 Å². The number of benzene rings is 1. The van der Waals surface area contributed by atoms with Crippen LogP contribution in [-0.2, 0) is 14.8 Å². The SMILES string of the molecule is COc1cccc(N(CC(=O)NCC2=CCCCC2)S(C)(=O)=O)c1. The van der Waals surface area contributed by atoms with E-state index >= 15 is 0 Å². The number of methoxy groups -OCH3 is 1. The van der Waals surface area contributed by atoms with Crippen LogP contribution in [0.25, 0.3) is 0 Å². The molecule has 6 nitrogen and oxygen atoms in total. The van der Waals surface area contributed by atoms with Crippen molar-refractivity contribution in [2.45, 2.75) is 25.7 Å². The number of nitrogens with one attached hydrogen (secondary N) is 1. The Morgan fingerprint density at radius 1 is 1.33 bits per heavy atom. The molecule has 0 unspecified atom stereocenters. The number of hydrogen-bond acceptors (Lipinski definition) is 4. The summed E-state index contributed by atoms with van der Waals surface area (Å²) in [5, 5.41) is 2.81. The number of nitrogens with zero attached hydrogens (tertiary/aromatic N) is 1. The van der Waals surface area contributed by atoms with E-state index in [1.54, 1.807) is 24.3 Å². The van der Waals surface area contributed by atoms with Crippen molar-refractivity contribution in [2.75, 3.05) is 30.8 Å². The first-order valence-electron chi connectivity index (χ1n) is 7.96. The number of allylic oxidation sites excluding steroid dienone is 1. The maximum Gasteiger partial charge on any atom is 0.241 e. The monoisotopic (exact) mass is 352 g/mol. The predicted octanol–water partition coefficient (Wildman–Crippen LogP) is 2.08. The molecule has 0 radical (unpaired) electrons. The van der Waals surface area contributed by atoms with Crippen molar-refractivity contribution in [1.82, 2.24) is 5.32 Å². The molecule has 1 aliphatic rings. The summed E-state index contributed by atoms with van der Waals surface area (Å²) in [5.41, 5.74) is 1.62. The molecular weight excluding hydrogens is 328 g/mol. The van der Waals surface area contributed by atoms with Crippen LogP contribution in [0.1, 0.15) is 25.7 Å². The van der Waals surface area contributed by atoms with Gasteiger partial charge in [-0.25, -0.2) is 8.42 Å². The van der Waals surface area contributed by atoms with E-state index in [1.807, 2.05) is 0 Å². The Labute approximate surface area is 143 Å².